The van der Waals surface area contributed by atoms with Crippen molar-refractivity contribution in [1.29, 1.82) is 0 Å². The van der Waals surface area contributed by atoms with Gasteiger partial charge in [0.15, 0.2) is 0 Å². The minimum Gasteiger partial charge on any atom is -0.327 e. The molecule has 3 unspecified atom stereocenters. The third-order valence-corrected chi connectivity index (χ3v) is 4.04. The monoisotopic (exact) mass is 211 g/mol. The molecule has 1 fully saturated rings. The number of fused-ring (bicyclic) bond motifs is 1. The molecule has 16 heavy (non-hydrogen) atoms. The first kappa shape index (κ1) is 9.86. The molecule has 0 radical (unpaired) electrons. The molecular formula is C15H17N. The minimum atomic E-state index is 0.400. The van der Waals surface area contributed by atoms with E-state index in [0.717, 1.165) is 6.42 Å². The molecule has 0 saturated heterocycles. The van der Waals surface area contributed by atoms with Gasteiger partial charge in [-0.05, 0) is 34.6 Å². The van der Waals surface area contributed by atoms with Crippen molar-refractivity contribution in [3.63, 3.8) is 0 Å². The molecule has 2 aromatic carbocycles. The zero-order chi connectivity index (χ0) is 11.1. The number of benzene rings is 2. The van der Waals surface area contributed by atoms with E-state index in [1.54, 1.807) is 0 Å². The van der Waals surface area contributed by atoms with E-state index in [4.69, 9.17) is 5.73 Å². The van der Waals surface area contributed by atoms with Crippen LogP contribution >= 0.6 is 0 Å². The Morgan fingerprint density at radius 2 is 1.81 bits per heavy atom. The Morgan fingerprint density at radius 3 is 2.50 bits per heavy atom. The lowest BCUT2D eigenvalue weighted by atomic mass is 9.67. The summed E-state index contributed by atoms with van der Waals surface area (Å²) in [6.07, 6.45) is 1.14. The Morgan fingerprint density at radius 1 is 1.06 bits per heavy atom. The predicted octanol–water partition coefficient (Wildman–Crippen LogP) is 3.29. The zero-order valence-electron chi connectivity index (χ0n) is 9.56. The Hall–Kier alpha value is -1.34. The second kappa shape index (κ2) is 3.60. The maximum atomic E-state index is 5.96. The summed E-state index contributed by atoms with van der Waals surface area (Å²) in [5.74, 6) is 1.29. The Balaban J connectivity index is 2.00. The fourth-order valence-electron chi connectivity index (χ4n) is 2.70. The van der Waals surface area contributed by atoms with Crippen molar-refractivity contribution in [3.05, 3.63) is 48.0 Å². The van der Waals surface area contributed by atoms with E-state index in [1.165, 1.54) is 16.3 Å². The van der Waals surface area contributed by atoms with Gasteiger partial charge in [0.1, 0.15) is 0 Å². The second-order valence-corrected chi connectivity index (χ2v) is 4.97. The first-order valence-corrected chi connectivity index (χ1v) is 6.00. The van der Waals surface area contributed by atoms with Crippen LogP contribution in [-0.4, -0.2) is 6.04 Å². The summed E-state index contributed by atoms with van der Waals surface area (Å²) < 4.78 is 0. The molecule has 0 spiro atoms. The molecule has 1 aliphatic carbocycles. The topological polar surface area (TPSA) is 26.0 Å². The zero-order valence-corrected chi connectivity index (χ0v) is 9.56. The number of hydrogen-bond acceptors (Lipinski definition) is 1. The highest BCUT2D eigenvalue weighted by molar-refractivity contribution is 5.83. The van der Waals surface area contributed by atoms with Crippen molar-refractivity contribution in [3.8, 4) is 0 Å². The molecule has 1 aliphatic rings. The third-order valence-electron chi connectivity index (χ3n) is 4.04. The maximum Gasteiger partial charge on any atom is 0.00763 e. The van der Waals surface area contributed by atoms with Crippen molar-refractivity contribution >= 4 is 10.8 Å². The molecule has 1 heteroatoms. The number of hydrogen-bond donors (Lipinski definition) is 1. The summed E-state index contributed by atoms with van der Waals surface area (Å²) in [4.78, 5) is 0. The van der Waals surface area contributed by atoms with Crippen LogP contribution in [0, 0.1) is 5.92 Å². The van der Waals surface area contributed by atoms with Gasteiger partial charge in [-0.3, -0.25) is 0 Å². The van der Waals surface area contributed by atoms with Crippen molar-refractivity contribution in [2.24, 2.45) is 11.7 Å². The predicted molar refractivity (Wildman–Crippen MR) is 68.4 cm³/mol. The van der Waals surface area contributed by atoms with Gasteiger partial charge in [0.25, 0.3) is 0 Å². The Bertz CT molecular complexity index is 518. The number of nitrogens with two attached hydrogens (primary N) is 1. The highest BCUT2D eigenvalue weighted by Crippen LogP contribution is 2.41. The maximum absolute atomic E-state index is 5.96. The van der Waals surface area contributed by atoms with Crippen LogP contribution < -0.4 is 5.73 Å². The average Bonchev–Trinajstić information content (AvgIpc) is 2.35. The largest absolute Gasteiger partial charge is 0.327 e. The van der Waals surface area contributed by atoms with Gasteiger partial charge in [-0.25, -0.2) is 0 Å². The minimum absolute atomic E-state index is 0.400. The summed E-state index contributed by atoms with van der Waals surface area (Å²) in [6.45, 7) is 2.26. The molecule has 1 saturated carbocycles. The van der Waals surface area contributed by atoms with Crippen LogP contribution in [0.3, 0.4) is 0 Å². The molecule has 0 heterocycles. The molecule has 0 amide bonds. The first-order valence-electron chi connectivity index (χ1n) is 6.00. The van der Waals surface area contributed by atoms with Crippen LogP contribution in [0.2, 0.25) is 0 Å². The average molecular weight is 211 g/mol. The standard InChI is InChI=1S/C15H17N/c1-10-14(9-15(10)16)13-7-6-11-4-2-3-5-12(11)8-13/h2-8,10,14-15H,9,16H2,1H3. The molecule has 2 N–H and O–H groups in total. The molecule has 3 atom stereocenters. The summed E-state index contributed by atoms with van der Waals surface area (Å²) in [5.41, 5.74) is 7.41. The Labute approximate surface area is 96.3 Å². The van der Waals surface area contributed by atoms with Gasteiger partial charge in [0.05, 0.1) is 0 Å². The van der Waals surface area contributed by atoms with Crippen LogP contribution in [0.1, 0.15) is 24.8 Å². The first-order chi connectivity index (χ1) is 7.75. The lowest BCUT2D eigenvalue weighted by Gasteiger charge is -2.41. The summed E-state index contributed by atoms with van der Waals surface area (Å²) in [5, 5.41) is 2.66. The molecule has 0 aromatic heterocycles. The Kier molecular flexibility index (Phi) is 2.22. The van der Waals surface area contributed by atoms with Gasteiger partial charge in [-0.2, -0.15) is 0 Å². The van der Waals surface area contributed by atoms with Gasteiger partial charge in [-0.15, -0.1) is 0 Å². The van der Waals surface area contributed by atoms with Crippen LogP contribution in [0.25, 0.3) is 10.8 Å². The lowest BCUT2D eigenvalue weighted by Crippen LogP contribution is -2.44. The van der Waals surface area contributed by atoms with Crippen molar-refractivity contribution < 1.29 is 0 Å². The normalized spacial score (nSPS) is 29.0. The lowest BCUT2D eigenvalue weighted by molar-refractivity contribution is 0.227. The summed E-state index contributed by atoms with van der Waals surface area (Å²) >= 11 is 0. The molecule has 0 bridgehead atoms. The van der Waals surface area contributed by atoms with Gasteiger partial charge < -0.3 is 5.73 Å². The molecule has 3 rings (SSSR count). The van der Waals surface area contributed by atoms with E-state index < -0.39 is 0 Å². The van der Waals surface area contributed by atoms with E-state index in [-0.39, 0.29) is 0 Å². The smallest absolute Gasteiger partial charge is 0.00763 e. The highest BCUT2D eigenvalue weighted by Gasteiger charge is 2.35. The van der Waals surface area contributed by atoms with Crippen molar-refractivity contribution in [2.75, 3.05) is 0 Å². The third kappa shape index (κ3) is 1.43. The molecule has 2 aromatic rings. The molecule has 1 nitrogen and oxygen atoms in total. The van der Waals surface area contributed by atoms with Gasteiger partial charge >= 0.3 is 0 Å². The fourth-order valence-corrected chi connectivity index (χ4v) is 2.70. The second-order valence-electron chi connectivity index (χ2n) is 4.97. The van der Waals surface area contributed by atoms with Crippen molar-refractivity contribution in [1.82, 2.24) is 0 Å². The van der Waals surface area contributed by atoms with Crippen LogP contribution in [0.4, 0.5) is 0 Å². The summed E-state index contributed by atoms with van der Waals surface area (Å²) in [7, 11) is 0. The van der Waals surface area contributed by atoms with E-state index in [2.05, 4.69) is 49.4 Å². The van der Waals surface area contributed by atoms with Crippen molar-refractivity contribution in [2.45, 2.75) is 25.3 Å². The van der Waals surface area contributed by atoms with Crippen LogP contribution in [0.15, 0.2) is 42.5 Å². The van der Waals surface area contributed by atoms with Crippen LogP contribution in [0.5, 0.6) is 0 Å². The number of rotatable bonds is 1. The molecular weight excluding hydrogens is 194 g/mol. The van der Waals surface area contributed by atoms with E-state index in [1.807, 2.05) is 0 Å². The molecule has 82 valence electrons. The SMILES string of the molecule is CC1C(N)CC1c1ccc2ccccc2c1. The van der Waals surface area contributed by atoms with Crippen LogP contribution in [-0.2, 0) is 0 Å². The van der Waals surface area contributed by atoms with Gasteiger partial charge in [0.2, 0.25) is 0 Å². The fraction of sp³-hybridized carbons (Fsp3) is 0.333. The molecule has 0 aliphatic heterocycles. The van der Waals surface area contributed by atoms with E-state index >= 15 is 0 Å². The summed E-state index contributed by atoms with van der Waals surface area (Å²) in [6, 6.07) is 15.7. The van der Waals surface area contributed by atoms with E-state index in [9.17, 15) is 0 Å². The quantitative estimate of drug-likeness (QED) is 0.769. The van der Waals surface area contributed by atoms with Gasteiger partial charge in [0, 0.05) is 6.04 Å². The highest BCUT2D eigenvalue weighted by atomic mass is 14.7. The van der Waals surface area contributed by atoms with E-state index in [0.29, 0.717) is 17.9 Å². The van der Waals surface area contributed by atoms with Gasteiger partial charge in [-0.1, -0.05) is 49.4 Å².